The number of rotatable bonds is 6. The number of anilines is 1. The minimum absolute atomic E-state index is 0.163. The number of halogens is 2. The topological polar surface area (TPSA) is 108 Å². The van der Waals surface area contributed by atoms with E-state index in [1.807, 2.05) is 67.6 Å². The zero-order valence-corrected chi connectivity index (χ0v) is 28.6. The first-order valence-corrected chi connectivity index (χ1v) is 17.0. The third-order valence-electron chi connectivity index (χ3n) is 9.11. The van der Waals surface area contributed by atoms with Crippen molar-refractivity contribution in [1.82, 2.24) is 29.9 Å². The van der Waals surface area contributed by atoms with Crippen molar-refractivity contribution in [2.24, 2.45) is 0 Å². The van der Waals surface area contributed by atoms with Gasteiger partial charge in [-0.25, -0.2) is 9.48 Å². The van der Waals surface area contributed by atoms with Crippen LogP contribution in [0.15, 0.2) is 42.7 Å². The Morgan fingerprint density at radius 2 is 1.85 bits per heavy atom. The molecule has 1 spiro atoms. The first-order valence-electron chi connectivity index (χ1n) is 16.2. The van der Waals surface area contributed by atoms with Crippen molar-refractivity contribution in [1.29, 1.82) is 0 Å². The van der Waals surface area contributed by atoms with Crippen molar-refractivity contribution in [2.45, 2.75) is 83.3 Å². The molecule has 11 nitrogen and oxygen atoms in total. The van der Waals surface area contributed by atoms with E-state index in [9.17, 15) is 4.79 Å². The van der Waals surface area contributed by atoms with Gasteiger partial charge in [0, 0.05) is 49.6 Å². The number of hydrogen-bond donors (Lipinski definition) is 0. The zero-order valence-electron chi connectivity index (χ0n) is 27.1. The van der Waals surface area contributed by atoms with Crippen LogP contribution in [-0.2, 0) is 9.47 Å². The number of carbonyl (C=O) groups excluding carboxylic acids is 1. The Morgan fingerprint density at radius 1 is 1.06 bits per heavy atom. The summed E-state index contributed by atoms with van der Waals surface area (Å²) < 4.78 is 20.1. The van der Waals surface area contributed by atoms with E-state index >= 15 is 0 Å². The van der Waals surface area contributed by atoms with E-state index < -0.39 is 11.7 Å². The quantitative estimate of drug-likeness (QED) is 0.203. The fourth-order valence-electron chi connectivity index (χ4n) is 6.91. The SMILES string of the molecule is C[C@@H](Oc1ccc2c(c1)c(-c1ccc(N3CC4(CCCN4C(=O)OC(C)(C)C)C3)nn1)nn2C1CCCCO1)c1c(Cl)cncc1Cl. The van der Waals surface area contributed by atoms with Crippen LogP contribution in [-0.4, -0.2) is 73.3 Å². The summed E-state index contributed by atoms with van der Waals surface area (Å²) in [5.74, 6) is 1.40. The predicted molar refractivity (Wildman–Crippen MR) is 180 cm³/mol. The highest BCUT2D eigenvalue weighted by Gasteiger charge is 2.53. The van der Waals surface area contributed by atoms with Crippen LogP contribution in [0.5, 0.6) is 5.75 Å². The second-order valence-electron chi connectivity index (χ2n) is 13.7. The molecule has 1 amide bonds. The van der Waals surface area contributed by atoms with Gasteiger partial charge in [0.25, 0.3) is 0 Å². The summed E-state index contributed by atoms with van der Waals surface area (Å²) in [5.41, 5.74) is 2.18. The monoisotopic (exact) mass is 679 g/mol. The molecule has 0 bridgehead atoms. The molecule has 13 heteroatoms. The molecule has 3 saturated heterocycles. The fraction of sp³-hybridized carbons (Fsp3) is 0.500. The third kappa shape index (κ3) is 6.21. The van der Waals surface area contributed by atoms with E-state index in [0.29, 0.717) is 59.0 Å². The Balaban J connectivity index is 1.15. The van der Waals surface area contributed by atoms with Gasteiger partial charge in [0.1, 0.15) is 28.8 Å². The fourth-order valence-corrected chi connectivity index (χ4v) is 7.58. The lowest BCUT2D eigenvalue weighted by molar-refractivity contribution is -0.0365. The maximum Gasteiger partial charge on any atom is 0.410 e. The molecule has 3 fully saturated rings. The van der Waals surface area contributed by atoms with Gasteiger partial charge >= 0.3 is 6.09 Å². The van der Waals surface area contributed by atoms with Gasteiger partial charge in [-0.2, -0.15) is 5.10 Å². The smallest absolute Gasteiger partial charge is 0.410 e. The molecule has 0 N–H and O–H groups in total. The van der Waals surface area contributed by atoms with Crippen LogP contribution in [0.3, 0.4) is 0 Å². The number of fused-ring (bicyclic) bond motifs is 1. The molecular formula is C34H39Cl2N7O4. The molecule has 4 aromatic rings. The van der Waals surface area contributed by atoms with Crippen molar-refractivity contribution in [3.8, 4) is 17.1 Å². The van der Waals surface area contributed by atoms with Gasteiger partial charge in [-0.05, 0) is 90.1 Å². The maximum atomic E-state index is 12.9. The number of likely N-dealkylation sites (tertiary alicyclic amines) is 1. The Bertz CT molecular complexity index is 1760. The second kappa shape index (κ2) is 12.4. The van der Waals surface area contributed by atoms with Crippen molar-refractivity contribution in [3.63, 3.8) is 0 Å². The number of aromatic nitrogens is 5. The minimum Gasteiger partial charge on any atom is -0.486 e. The summed E-state index contributed by atoms with van der Waals surface area (Å²) in [4.78, 5) is 21.1. The number of benzene rings is 1. The van der Waals surface area contributed by atoms with Crippen molar-refractivity contribution >= 4 is 46.0 Å². The molecular weight excluding hydrogens is 641 g/mol. The number of nitrogens with zero attached hydrogens (tertiary/aromatic N) is 7. The second-order valence-corrected chi connectivity index (χ2v) is 14.5. The van der Waals surface area contributed by atoms with E-state index in [0.717, 1.165) is 48.8 Å². The van der Waals surface area contributed by atoms with Crippen LogP contribution < -0.4 is 9.64 Å². The van der Waals surface area contributed by atoms with Gasteiger partial charge in [-0.15, -0.1) is 10.2 Å². The van der Waals surface area contributed by atoms with Crippen LogP contribution in [0, 0.1) is 0 Å². The molecule has 248 valence electrons. The van der Waals surface area contributed by atoms with Gasteiger partial charge in [0.05, 0.1) is 21.1 Å². The highest BCUT2D eigenvalue weighted by Crippen LogP contribution is 2.41. The molecule has 6 heterocycles. The van der Waals surface area contributed by atoms with Gasteiger partial charge in [0.2, 0.25) is 0 Å². The summed E-state index contributed by atoms with van der Waals surface area (Å²) in [6.45, 7) is 10.4. The molecule has 3 aromatic heterocycles. The van der Waals surface area contributed by atoms with Crippen LogP contribution in [0.1, 0.15) is 77.7 Å². The van der Waals surface area contributed by atoms with E-state index in [2.05, 4.69) is 20.1 Å². The minimum atomic E-state index is -0.530. The van der Waals surface area contributed by atoms with E-state index in [4.69, 9.17) is 42.5 Å². The highest BCUT2D eigenvalue weighted by molar-refractivity contribution is 6.35. The molecule has 1 aromatic carbocycles. The molecule has 0 radical (unpaired) electrons. The Kier molecular flexibility index (Phi) is 8.42. The summed E-state index contributed by atoms with van der Waals surface area (Å²) in [6, 6.07) is 9.82. The molecule has 7 rings (SSSR count). The van der Waals surface area contributed by atoms with E-state index in [-0.39, 0.29) is 17.9 Å². The van der Waals surface area contributed by atoms with E-state index in [1.165, 1.54) is 0 Å². The largest absolute Gasteiger partial charge is 0.486 e. The molecule has 0 aliphatic carbocycles. The van der Waals surface area contributed by atoms with E-state index in [1.54, 1.807) is 12.4 Å². The van der Waals surface area contributed by atoms with Crippen molar-refractivity contribution < 1.29 is 19.0 Å². The number of hydrogen-bond acceptors (Lipinski definition) is 9. The van der Waals surface area contributed by atoms with Crippen molar-refractivity contribution in [3.05, 3.63) is 58.3 Å². The van der Waals surface area contributed by atoms with Crippen LogP contribution in [0.25, 0.3) is 22.3 Å². The summed E-state index contributed by atoms with van der Waals surface area (Å²) >= 11 is 12.8. The Morgan fingerprint density at radius 3 is 2.53 bits per heavy atom. The van der Waals surface area contributed by atoms with Crippen LogP contribution >= 0.6 is 23.2 Å². The predicted octanol–water partition coefficient (Wildman–Crippen LogP) is 7.62. The van der Waals surface area contributed by atoms with Gasteiger partial charge in [-0.3, -0.25) is 9.88 Å². The molecule has 3 aliphatic heterocycles. The Hall–Kier alpha value is -3.67. The van der Waals surface area contributed by atoms with Gasteiger partial charge in [0.15, 0.2) is 12.0 Å². The molecule has 2 atom stereocenters. The molecule has 1 unspecified atom stereocenters. The molecule has 0 saturated carbocycles. The number of ether oxygens (including phenoxy) is 3. The maximum absolute atomic E-state index is 12.9. The number of amides is 1. The average molecular weight is 681 g/mol. The summed E-state index contributed by atoms with van der Waals surface area (Å²) in [5, 5.41) is 16.1. The van der Waals surface area contributed by atoms with Crippen LogP contribution in [0.4, 0.5) is 10.6 Å². The zero-order chi connectivity index (χ0) is 32.9. The normalized spacial score (nSPS) is 20.0. The first-order chi connectivity index (χ1) is 22.5. The first kappa shape index (κ1) is 31.9. The number of carbonyl (C=O) groups is 1. The lowest BCUT2D eigenvalue weighted by atomic mass is 9.87. The van der Waals surface area contributed by atoms with Crippen LogP contribution in [0.2, 0.25) is 10.0 Å². The summed E-state index contributed by atoms with van der Waals surface area (Å²) in [7, 11) is 0. The third-order valence-corrected chi connectivity index (χ3v) is 9.72. The standard InChI is InChI=1S/C34H39Cl2N7O4/c1-21(30-24(35)17-37-18-25(30)36)46-22-9-11-27-23(16-22)31(40-43(27)29-8-5-6-15-45-29)26-10-12-28(39-38-26)41-19-34(20-41)13-7-14-42(34)32(44)47-33(2,3)4/h9-12,16-18,21,29H,5-8,13-15,19-20H2,1-4H3/t21-,29?/m1/s1. The van der Waals surface area contributed by atoms with Gasteiger partial charge in [-0.1, -0.05) is 23.2 Å². The highest BCUT2D eigenvalue weighted by atomic mass is 35.5. The lowest BCUT2D eigenvalue weighted by Gasteiger charge is -2.52. The number of pyridine rings is 1. The van der Waals surface area contributed by atoms with Crippen molar-refractivity contribution in [2.75, 3.05) is 31.1 Å². The lowest BCUT2D eigenvalue weighted by Crippen LogP contribution is -2.69. The van der Waals surface area contributed by atoms with Gasteiger partial charge < -0.3 is 19.1 Å². The molecule has 3 aliphatic rings. The summed E-state index contributed by atoms with van der Waals surface area (Å²) in [6.07, 6.45) is 7.20. The Labute approximate surface area is 284 Å². The average Bonchev–Trinajstić information content (AvgIpc) is 3.63. The molecule has 47 heavy (non-hydrogen) atoms.